The van der Waals surface area contributed by atoms with Crippen molar-refractivity contribution in [3.63, 3.8) is 0 Å². The van der Waals surface area contributed by atoms with Crippen LogP contribution in [0, 0.1) is 0 Å². The molecule has 0 radical (unpaired) electrons. The lowest BCUT2D eigenvalue weighted by Crippen LogP contribution is -1.79. The van der Waals surface area contributed by atoms with E-state index in [-0.39, 0.29) is 0 Å². The van der Waals surface area contributed by atoms with Crippen molar-refractivity contribution in [1.29, 1.82) is 0 Å². The van der Waals surface area contributed by atoms with E-state index in [9.17, 15) is 0 Å². The molecule has 0 bridgehead atoms. The molecule has 0 spiro atoms. The largest absolute Gasteiger partial charge is 0.383 e. The molecule has 0 saturated heterocycles. The quantitative estimate of drug-likeness (QED) is 0.655. The Morgan fingerprint density at radius 2 is 2.57 bits per heavy atom. The van der Waals surface area contributed by atoms with Crippen molar-refractivity contribution in [2.45, 2.75) is 0 Å². The second-order valence-corrected chi connectivity index (χ2v) is 3.24. The van der Waals surface area contributed by atoms with Crippen LogP contribution in [-0.2, 0) is 0 Å². The maximum atomic E-state index is 5.25. The predicted octanol–water partition coefficient (Wildman–Crippen LogP) is 1.49. The fourth-order valence-electron chi connectivity index (χ4n) is 0.265. The predicted molar refractivity (Wildman–Crippen MR) is 34.2 cm³/mol. The van der Waals surface area contributed by atoms with E-state index in [4.69, 9.17) is 5.73 Å². The first-order chi connectivity index (χ1) is 3.29. The van der Waals surface area contributed by atoms with Crippen LogP contribution in [0.15, 0.2) is 9.85 Å². The SMILES string of the molecule is Nc1cc(Br)sn1. The van der Waals surface area contributed by atoms with Gasteiger partial charge < -0.3 is 5.73 Å². The van der Waals surface area contributed by atoms with Crippen LogP contribution in [0.4, 0.5) is 5.82 Å². The van der Waals surface area contributed by atoms with E-state index in [1.807, 2.05) is 0 Å². The van der Waals surface area contributed by atoms with Gasteiger partial charge >= 0.3 is 0 Å². The minimum atomic E-state index is 0.580. The fraction of sp³-hybridized carbons (Fsp3) is 0. The van der Waals surface area contributed by atoms with Gasteiger partial charge in [-0.2, -0.15) is 4.37 Å². The van der Waals surface area contributed by atoms with E-state index in [1.54, 1.807) is 6.07 Å². The van der Waals surface area contributed by atoms with Gasteiger partial charge in [0.15, 0.2) is 0 Å². The van der Waals surface area contributed by atoms with E-state index in [1.165, 1.54) is 11.5 Å². The van der Waals surface area contributed by atoms with E-state index in [0.717, 1.165) is 3.79 Å². The third-order valence-electron chi connectivity index (χ3n) is 0.500. The average Bonchev–Trinajstić information content (AvgIpc) is 1.87. The maximum absolute atomic E-state index is 5.25. The summed E-state index contributed by atoms with van der Waals surface area (Å²) in [6, 6.07) is 1.77. The van der Waals surface area contributed by atoms with Crippen LogP contribution in [0.2, 0.25) is 0 Å². The van der Waals surface area contributed by atoms with Gasteiger partial charge in [0, 0.05) is 6.07 Å². The number of nitrogens with two attached hydrogens (primary N) is 1. The van der Waals surface area contributed by atoms with Gasteiger partial charge in [0.1, 0.15) is 5.82 Å². The number of hydrogen-bond donors (Lipinski definition) is 1. The molecule has 1 aromatic rings. The van der Waals surface area contributed by atoms with Crippen LogP contribution in [-0.4, -0.2) is 4.37 Å². The van der Waals surface area contributed by atoms with Crippen LogP contribution < -0.4 is 5.73 Å². The number of halogens is 1. The van der Waals surface area contributed by atoms with Crippen molar-refractivity contribution in [3.05, 3.63) is 9.85 Å². The number of nitrogen functional groups attached to an aromatic ring is 1. The zero-order valence-corrected chi connectivity index (χ0v) is 5.79. The molecule has 2 nitrogen and oxygen atoms in total. The normalized spacial score (nSPS) is 9.29. The third kappa shape index (κ3) is 1.14. The van der Waals surface area contributed by atoms with Crippen LogP contribution in [0.5, 0.6) is 0 Å². The minimum Gasteiger partial charge on any atom is -0.383 e. The van der Waals surface area contributed by atoms with E-state index >= 15 is 0 Å². The number of aromatic nitrogens is 1. The maximum Gasteiger partial charge on any atom is 0.138 e. The molecule has 2 N–H and O–H groups in total. The lowest BCUT2D eigenvalue weighted by atomic mass is 10.7. The molecule has 0 atom stereocenters. The topological polar surface area (TPSA) is 38.9 Å². The van der Waals surface area contributed by atoms with Gasteiger partial charge in [0.05, 0.1) is 3.79 Å². The van der Waals surface area contributed by atoms with Crippen molar-refractivity contribution in [1.82, 2.24) is 4.37 Å². The second-order valence-electron chi connectivity index (χ2n) is 1.06. The molecule has 0 aliphatic heterocycles. The lowest BCUT2D eigenvalue weighted by molar-refractivity contribution is 1.56. The molecule has 38 valence electrons. The average molecular weight is 179 g/mol. The van der Waals surface area contributed by atoms with E-state index in [2.05, 4.69) is 20.3 Å². The Hall–Kier alpha value is -0.0900. The Morgan fingerprint density at radius 1 is 1.86 bits per heavy atom. The van der Waals surface area contributed by atoms with Crippen molar-refractivity contribution < 1.29 is 0 Å². The molecule has 4 heteroatoms. The lowest BCUT2D eigenvalue weighted by Gasteiger charge is -1.68. The number of nitrogens with zero attached hydrogens (tertiary/aromatic N) is 1. The minimum absolute atomic E-state index is 0.580. The first-order valence-electron chi connectivity index (χ1n) is 1.67. The summed E-state index contributed by atoms with van der Waals surface area (Å²) in [6.07, 6.45) is 0. The molecule has 0 aliphatic carbocycles. The molecule has 0 aromatic carbocycles. The smallest absolute Gasteiger partial charge is 0.138 e. The Morgan fingerprint density at radius 3 is 2.71 bits per heavy atom. The van der Waals surface area contributed by atoms with Gasteiger partial charge in [-0.1, -0.05) is 0 Å². The van der Waals surface area contributed by atoms with Gasteiger partial charge in [-0.3, -0.25) is 0 Å². The van der Waals surface area contributed by atoms with Crippen molar-refractivity contribution in [3.8, 4) is 0 Å². The summed E-state index contributed by atoms with van der Waals surface area (Å²) in [5, 5.41) is 0. The highest BCUT2D eigenvalue weighted by molar-refractivity contribution is 9.11. The zero-order valence-electron chi connectivity index (χ0n) is 3.39. The molecule has 1 heterocycles. The highest BCUT2D eigenvalue weighted by Crippen LogP contribution is 2.17. The molecule has 0 unspecified atom stereocenters. The number of rotatable bonds is 0. The highest BCUT2D eigenvalue weighted by atomic mass is 79.9. The number of anilines is 1. The van der Waals surface area contributed by atoms with Crippen LogP contribution in [0.3, 0.4) is 0 Å². The van der Waals surface area contributed by atoms with E-state index < -0.39 is 0 Å². The van der Waals surface area contributed by atoms with Crippen molar-refractivity contribution in [2.75, 3.05) is 5.73 Å². The molecular weight excluding hydrogens is 176 g/mol. The summed E-state index contributed by atoms with van der Waals surface area (Å²) in [6.45, 7) is 0. The van der Waals surface area contributed by atoms with Gasteiger partial charge in [-0.15, -0.1) is 0 Å². The summed E-state index contributed by atoms with van der Waals surface area (Å²) in [5.41, 5.74) is 5.25. The first-order valence-corrected chi connectivity index (χ1v) is 3.23. The standard InChI is InChI=1S/C3H3BrN2S/c4-2-1-3(5)6-7-2/h1H,(H2,5,6). The monoisotopic (exact) mass is 178 g/mol. The number of hydrogen-bond acceptors (Lipinski definition) is 3. The molecule has 1 aromatic heterocycles. The summed E-state index contributed by atoms with van der Waals surface area (Å²) in [7, 11) is 0. The molecule has 0 aliphatic rings. The van der Waals surface area contributed by atoms with Gasteiger partial charge in [0.25, 0.3) is 0 Å². The Balaban J connectivity index is 3.04. The molecular formula is C3H3BrN2S. The van der Waals surface area contributed by atoms with Crippen molar-refractivity contribution in [2.24, 2.45) is 0 Å². The summed E-state index contributed by atoms with van der Waals surface area (Å²) >= 11 is 4.55. The first kappa shape index (κ1) is 5.05. The van der Waals surface area contributed by atoms with Crippen LogP contribution in [0.1, 0.15) is 0 Å². The third-order valence-corrected chi connectivity index (χ3v) is 1.76. The van der Waals surface area contributed by atoms with Gasteiger partial charge in [0.2, 0.25) is 0 Å². The highest BCUT2D eigenvalue weighted by Gasteiger charge is 1.88. The van der Waals surface area contributed by atoms with Crippen LogP contribution in [0.25, 0.3) is 0 Å². The summed E-state index contributed by atoms with van der Waals surface area (Å²) < 4.78 is 4.77. The van der Waals surface area contributed by atoms with Crippen LogP contribution >= 0.6 is 27.5 Å². The molecule has 7 heavy (non-hydrogen) atoms. The zero-order chi connectivity index (χ0) is 5.28. The van der Waals surface area contributed by atoms with Crippen molar-refractivity contribution >= 4 is 33.3 Å². The van der Waals surface area contributed by atoms with E-state index in [0.29, 0.717) is 5.82 Å². The molecule has 1 rings (SSSR count). The molecule has 0 fully saturated rings. The van der Waals surface area contributed by atoms with Gasteiger partial charge in [-0.25, -0.2) is 0 Å². The molecule has 0 saturated carbocycles. The Bertz CT molecular complexity index is 145. The Kier molecular flexibility index (Phi) is 1.30. The molecule has 0 amide bonds. The van der Waals surface area contributed by atoms with Gasteiger partial charge in [-0.05, 0) is 27.5 Å². The summed E-state index contributed by atoms with van der Waals surface area (Å²) in [5.74, 6) is 0.580. The fourth-order valence-corrected chi connectivity index (χ4v) is 1.14. The summed E-state index contributed by atoms with van der Waals surface area (Å²) in [4.78, 5) is 0. The second kappa shape index (κ2) is 1.79. The Labute approximate surface area is 53.6 Å².